The van der Waals surface area contributed by atoms with E-state index in [1.165, 1.54) is 6.21 Å². The molecule has 0 radical (unpaired) electrons. The van der Waals surface area contributed by atoms with E-state index in [0.29, 0.717) is 0 Å². The fourth-order valence-electron chi connectivity index (χ4n) is 0.994. The molecule has 0 spiro atoms. The summed E-state index contributed by atoms with van der Waals surface area (Å²) < 4.78 is 0. The first-order chi connectivity index (χ1) is 5.29. The van der Waals surface area contributed by atoms with Crippen LogP contribution >= 0.6 is 0 Å². The first kappa shape index (κ1) is 7.85. The average molecular weight is 149 g/mol. The molecular formula is C8H11N3. The normalized spacial score (nSPS) is 9.64. The summed E-state index contributed by atoms with van der Waals surface area (Å²) in [5.74, 6) is 0. The molecule has 0 aliphatic rings. The molecule has 3 heteroatoms. The van der Waals surface area contributed by atoms with Crippen LogP contribution in [0.4, 0.5) is 0 Å². The monoisotopic (exact) mass is 149 g/mol. The fourth-order valence-corrected chi connectivity index (χ4v) is 0.994. The highest BCUT2D eigenvalue weighted by molar-refractivity contribution is 5.80. The molecule has 0 saturated heterocycles. The number of rotatable bonds is 2. The van der Waals surface area contributed by atoms with Crippen LogP contribution in [0.1, 0.15) is 23.7 Å². The number of nitrogens with zero attached hydrogens (tertiary/aromatic N) is 2. The summed E-state index contributed by atoms with van der Waals surface area (Å²) in [5.41, 5.74) is 2.83. The summed E-state index contributed by atoms with van der Waals surface area (Å²) in [5, 5.41) is 14.9. The first-order valence-electron chi connectivity index (χ1n) is 3.61. The lowest BCUT2D eigenvalue weighted by atomic mass is 10.1. The van der Waals surface area contributed by atoms with Crippen LogP contribution in [0.3, 0.4) is 0 Å². The molecule has 58 valence electrons. The Balaban J connectivity index is 3.24. The van der Waals surface area contributed by atoms with E-state index in [1.807, 2.05) is 13.8 Å². The molecule has 3 nitrogen and oxygen atoms in total. The van der Waals surface area contributed by atoms with Crippen LogP contribution in [0, 0.1) is 12.3 Å². The molecule has 1 rings (SSSR count). The quantitative estimate of drug-likeness (QED) is 0.645. The Kier molecular flexibility index (Phi) is 2.31. The van der Waals surface area contributed by atoms with Crippen molar-refractivity contribution in [1.29, 1.82) is 5.41 Å². The third-order valence-corrected chi connectivity index (χ3v) is 1.64. The molecule has 0 amide bonds. The predicted molar refractivity (Wildman–Crippen MR) is 44.0 cm³/mol. The summed E-state index contributed by atoms with van der Waals surface area (Å²) in [6.07, 6.45) is 3.85. The van der Waals surface area contributed by atoms with E-state index < -0.39 is 0 Å². The Labute approximate surface area is 66.0 Å². The van der Waals surface area contributed by atoms with Gasteiger partial charge in [0.25, 0.3) is 0 Å². The molecular weight excluding hydrogens is 138 g/mol. The van der Waals surface area contributed by atoms with E-state index in [4.69, 9.17) is 5.41 Å². The standard InChI is InChI=1S/C8H11N3/c1-3-8-7(4-9)6(2)5-10-11-8/h4-5,9H,3H2,1-2H3. The zero-order valence-electron chi connectivity index (χ0n) is 6.76. The minimum Gasteiger partial charge on any atom is -0.308 e. The highest BCUT2D eigenvalue weighted by atomic mass is 15.1. The number of hydrogen-bond donors (Lipinski definition) is 1. The zero-order valence-corrected chi connectivity index (χ0v) is 6.76. The lowest BCUT2D eigenvalue weighted by molar-refractivity contribution is 0.904. The number of aryl methyl sites for hydroxylation is 2. The highest BCUT2D eigenvalue weighted by Gasteiger charge is 2.01. The van der Waals surface area contributed by atoms with E-state index in [9.17, 15) is 0 Å². The van der Waals surface area contributed by atoms with Crippen molar-refractivity contribution >= 4 is 6.21 Å². The second-order valence-corrected chi connectivity index (χ2v) is 2.39. The summed E-state index contributed by atoms with van der Waals surface area (Å²) >= 11 is 0. The Bertz CT molecular complexity index is 268. The lowest BCUT2D eigenvalue weighted by Gasteiger charge is -2.01. The topological polar surface area (TPSA) is 49.6 Å². The van der Waals surface area contributed by atoms with Gasteiger partial charge in [-0.15, -0.1) is 0 Å². The van der Waals surface area contributed by atoms with Gasteiger partial charge in [0.1, 0.15) is 0 Å². The number of aromatic nitrogens is 2. The van der Waals surface area contributed by atoms with Gasteiger partial charge in [0.05, 0.1) is 11.9 Å². The maximum atomic E-state index is 7.14. The second kappa shape index (κ2) is 3.23. The third-order valence-electron chi connectivity index (χ3n) is 1.64. The Morgan fingerprint density at radius 3 is 2.82 bits per heavy atom. The number of hydrogen-bond acceptors (Lipinski definition) is 3. The zero-order chi connectivity index (χ0) is 8.27. The largest absolute Gasteiger partial charge is 0.308 e. The molecule has 1 N–H and O–H groups in total. The van der Waals surface area contributed by atoms with Gasteiger partial charge in [-0.05, 0) is 18.9 Å². The minimum atomic E-state index is 0.833. The van der Waals surface area contributed by atoms with Crippen LogP contribution in [-0.4, -0.2) is 16.4 Å². The van der Waals surface area contributed by atoms with E-state index in [1.54, 1.807) is 6.20 Å². The van der Waals surface area contributed by atoms with Gasteiger partial charge in [-0.25, -0.2) is 0 Å². The maximum Gasteiger partial charge on any atom is 0.0718 e. The van der Waals surface area contributed by atoms with Gasteiger partial charge in [-0.2, -0.15) is 10.2 Å². The van der Waals surface area contributed by atoms with E-state index in [0.717, 1.165) is 23.2 Å². The Morgan fingerprint density at radius 2 is 2.36 bits per heavy atom. The molecule has 1 aromatic rings. The predicted octanol–water partition coefficient (Wildman–Crippen LogP) is 1.35. The van der Waals surface area contributed by atoms with Gasteiger partial charge in [0.2, 0.25) is 0 Å². The van der Waals surface area contributed by atoms with Gasteiger partial charge in [-0.1, -0.05) is 6.92 Å². The van der Waals surface area contributed by atoms with Crippen LogP contribution in [0.15, 0.2) is 6.20 Å². The van der Waals surface area contributed by atoms with Gasteiger partial charge >= 0.3 is 0 Å². The van der Waals surface area contributed by atoms with Crippen molar-refractivity contribution in [3.8, 4) is 0 Å². The minimum absolute atomic E-state index is 0.833. The van der Waals surface area contributed by atoms with Gasteiger partial charge in [0, 0.05) is 11.8 Å². The molecule has 0 unspecified atom stereocenters. The van der Waals surface area contributed by atoms with Crippen molar-refractivity contribution in [2.75, 3.05) is 0 Å². The van der Waals surface area contributed by atoms with Crippen LogP contribution in [0.5, 0.6) is 0 Å². The van der Waals surface area contributed by atoms with Crippen molar-refractivity contribution in [3.63, 3.8) is 0 Å². The molecule has 0 aliphatic heterocycles. The van der Waals surface area contributed by atoms with Crippen LogP contribution in [0.2, 0.25) is 0 Å². The van der Waals surface area contributed by atoms with Gasteiger partial charge < -0.3 is 5.41 Å². The Morgan fingerprint density at radius 1 is 1.64 bits per heavy atom. The van der Waals surface area contributed by atoms with Crippen molar-refractivity contribution in [2.24, 2.45) is 0 Å². The summed E-state index contributed by atoms with van der Waals surface area (Å²) in [7, 11) is 0. The molecule has 0 aliphatic carbocycles. The Hall–Kier alpha value is -1.25. The molecule has 0 atom stereocenters. The maximum absolute atomic E-state index is 7.14. The second-order valence-electron chi connectivity index (χ2n) is 2.39. The summed E-state index contributed by atoms with van der Waals surface area (Å²) in [6, 6.07) is 0. The first-order valence-corrected chi connectivity index (χ1v) is 3.61. The summed E-state index contributed by atoms with van der Waals surface area (Å²) in [6.45, 7) is 3.95. The molecule has 0 fully saturated rings. The summed E-state index contributed by atoms with van der Waals surface area (Å²) in [4.78, 5) is 0. The lowest BCUT2D eigenvalue weighted by Crippen LogP contribution is -2.00. The highest BCUT2D eigenvalue weighted by Crippen LogP contribution is 2.06. The van der Waals surface area contributed by atoms with Crippen molar-refractivity contribution in [2.45, 2.75) is 20.3 Å². The van der Waals surface area contributed by atoms with Crippen LogP contribution < -0.4 is 0 Å². The van der Waals surface area contributed by atoms with E-state index >= 15 is 0 Å². The molecule has 1 heterocycles. The van der Waals surface area contributed by atoms with Gasteiger partial charge in [0.15, 0.2) is 0 Å². The molecule has 0 bridgehead atoms. The van der Waals surface area contributed by atoms with Crippen molar-refractivity contribution in [1.82, 2.24) is 10.2 Å². The van der Waals surface area contributed by atoms with Crippen molar-refractivity contribution < 1.29 is 0 Å². The molecule has 11 heavy (non-hydrogen) atoms. The average Bonchev–Trinajstić information content (AvgIpc) is 2.04. The van der Waals surface area contributed by atoms with Crippen LogP contribution in [-0.2, 0) is 6.42 Å². The van der Waals surface area contributed by atoms with E-state index in [-0.39, 0.29) is 0 Å². The molecule has 1 aromatic heterocycles. The van der Waals surface area contributed by atoms with Gasteiger partial charge in [-0.3, -0.25) is 0 Å². The molecule has 0 saturated carbocycles. The SMILES string of the molecule is CCc1nncc(C)c1C=N. The fraction of sp³-hybridized carbons (Fsp3) is 0.375. The smallest absolute Gasteiger partial charge is 0.0718 e. The number of nitrogens with one attached hydrogen (secondary N) is 1. The van der Waals surface area contributed by atoms with Crippen LogP contribution in [0.25, 0.3) is 0 Å². The van der Waals surface area contributed by atoms with Crippen molar-refractivity contribution in [3.05, 3.63) is 23.0 Å². The molecule has 0 aromatic carbocycles. The van der Waals surface area contributed by atoms with E-state index in [2.05, 4.69) is 10.2 Å². The third kappa shape index (κ3) is 1.42.